The van der Waals surface area contributed by atoms with Crippen LogP contribution in [0, 0.1) is 13.8 Å². The van der Waals surface area contributed by atoms with Crippen LogP contribution in [-0.4, -0.2) is 37.1 Å². The molecule has 1 atom stereocenters. The molecule has 0 aliphatic rings. The first-order valence-electron chi connectivity index (χ1n) is 12.3. The number of ketones is 1. The zero-order valence-electron chi connectivity index (χ0n) is 21.1. The number of unbranched alkanes of at least 4 members (excludes halogenated alkanes) is 1. The Kier molecular flexibility index (Phi) is 7.67. The number of hydrogen-bond acceptors (Lipinski definition) is 4. The van der Waals surface area contributed by atoms with Crippen molar-refractivity contribution in [3.63, 3.8) is 0 Å². The molecule has 1 unspecified atom stereocenters. The summed E-state index contributed by atoms with van der Waals surface area (Å²) >= 11 is 0. The molecule has 2 aromatic carbocycles. The van der Waals surface area contributed by atoms with Crippen LogP contribution >= 0.6 is 0 Å². The third-order valence-corrected chi connectivity index (χ3v) is 6.36. The van der Waals surface area contributed by atoms with E-state index in [1.165, 1.54) is 11.8 Å². The van der Waals surface area contributed by atoms with Gasteiger partial charge < -0.3 is 15.0 Å². The van der Waals surface area contributed by atoms with Gasteiger partial charge in [0.25, 0.3) is 5.91 Å². The van der Waals surface area contributed by atoms with Crippen LogP contribution in [0.2, 0.25) is 0 Å². The summed E-state index contributed by atoms with van der Waals surface area (Å²) in [6.45, 7) is 5.85. The summed E-state index contributed by atoms with van der Waals surface area (Å²) in [4.78, 5) is 38.8. The number of carboxylic acid groups (broad SMARTS) is 1. The van der Waals surface area contributed by atoms with E-state index in [4.69, 9.17) is 0 Å². The Morgan fingerprint density at radius 2 is 1.73 bits per heavy atom. The molecule has 190 valence electrons. The van der Waals surface area contributed by atoms with Gasteiger partial charge in [0.05, 0.1) is 11.8 Å². The molecular weight excluding hydrogens is 468 g/mol. The van der Waals surface area contributed by atoms with Crippen LogP contribution in [0.15, 0.2) is 73.1 Å². The zero-order chi connectivity index (χ0) is 26.5. The average molecular weight is 499 g/mol. The minimum atomic E-state index is -1.39. The lowest BCUT2D eigenvalue weighted by molar-refractivity contribution is -0.118. The standard InChI is InChI=1S/C29H30N4O4/c1-4-5-9-21-12-14-23(15-13-21)31-28(35)26(32-18-22(17-30-32)29(36)37)27(34)25-16-19(2)33(20(25)3)24-10-7-6-8-11-24/h6-8,10-18,26H,4-5,9H2,1-3H3,(H,31,35)(H,36,37). The maximum atomic E-state index is 13.9. The minimum Gasteiger partial charge on any atom is -0.478 e. The second kappa shape index (κ2) is 11.1. The third kappa shape index (κ3) is 5.53. The molecule has 0 saturated heterocycles. The van der Waals surface area contributed by atoms with E-state index in [9.17, 15) is 19.5 Å². The van der Waals surface area contributed by atoms with Gasteiger partial charge in [-0.2, -0.15) is 5.10 Å². The highest BCUT2D eigenvalue weighted by Crippen LogP contribution is 2.26. The Balaban J connectivity index is 1.68. The van der Waals surface area contributed by atoms with Gasteiger partial charge in [-0.25, -0.2) is 4.79 Å². The Morgan fingerprint density at radius 1 is 1.03 bits per heavy atom. The van der Waals surface area contributed by atoms with Crippen LogP contribution in [0.3, 0.4) is 0 Å². The van der Waals surface area contributed by atoms with Gasteiger partial charge in [-0.1, -0.05) is 43.7 Å². The summed E-state index contributed by atoms with van der Waals surface area (Å²) in [6.07, 6.45) is 5.46. The maximum absolute atomic E-state index is 13.9. The number of para-hydroxylation sites is 1. The van der Waals surface area contributed by atoms with E-state index >= 15 is 0 Å². The molecule has 37 heavy (non-hydrogen) atoms. The first-order valence-corrected chi connectivity index (χ1v) is 12.3. The summed E-state index contributed by atoms with van der Waals surface area (Å²) in [5, 5.41) is 16.2. The monoisotopic (exact) mass is 498 g/mol. The van der Waals surface area contributed by atoms with Crippen molar-refractivity contribution >= 4 is 23.3 Å². The lowest BCUT2D eigenvalue weighted by Gasteiger charge is -2.17. The van der Waals surface area contributed by atoms with Crippen molar-refractivity contribution < 1.29 is 19.5 Å². The molecule has 1 amide bonds. The van der Waals surface area contributed by atoms with E-state index in [1.54, 1.807) is 18.2 Å². The van der Waals surface area contributed by atoms with Crippen molar-refractivity contribution in [3.05, 3.63) is 101 Å². The molecule has 0 bridgehead atoms. The average Bonchev–Trinajstić information content (AvgIpc) is 3.48. The summed E-state index contributed by atoms with van der Waals surface area (Å²) < 4.78 is 3.06. The maximum Gasteiger partial charge on any atom is 0.338 e. The highest BCUT2D eigenvalue weighted by molar-refractivity contribution is 6.16. The number of rotatable bonds is 10. The van der Waals surface area contributed by atoms with Gasteiger partial charge in [0.15, 0.2) is 11.8 Å². The number of hydrogen-bond donors (Lipinski definition) is 2. The molecule has 0 aliphatic heterocycles. The number of aromatic carboxylic acids is 1. The van der Waals surface area contributed by atoms with Gasteiger partial charge in [0.1, 0.15) is 0 Å². The molecule has 0 aliphatic carbocycles. The molecule has 0 spiro atoms. The van der Waals surface area contributed by atoms with E-state index < -0.39 is 23.7 Å². The minimum absolute atomic E-state index is 0.111. The predicted molar refractivity (Wildman–Crippen MR) is 141 cm³/mol. The molecule has 0 radical (unpaired) electrons. The Labute approximate surface area is 215 Å². The van der Waals surface area contributed by atoms with Crippen molar-refractivity contribution in [1.29, 1.82) is 0 Å². The fraction of sp³-hybridized carbons (Fsp3) is 0.241. The molecule has 2 N–H and O–H groups in total. The highest BCUT2D eigenvalue weighted by atomic mass is 16.4. The molecule has 2 heterocycles. The van der Waals surface area contributed by atoms with E-state index in [2.05, 4.69) is 17.3 Å². The van der Waals surface area contributed by atoms with Crippen LogP contribution in [0.1, 0.15) is 63.5 Å². The number of nitrogens with zero attached hydrogens (tertiary/aromatic N) is 3. The number of amides is 1. The highest BCUT2D eigenvalue weighted by Gasteiger charge is 2.33. The number of anilines is 1. The Morgan fingerprint density at radius 3 is 2.35 bits per heavy atom. The first kappa shape index (κ1) is 25.6. The van der Waals surface area contributed by atoms with E-state index in [0.717, 1.165) is 41.5 Å². The van der Waals surface area contributed by atoms with Gasteiger partial charge in [-0.3, -0.25) is 14.3 Å². The lowest BCUT2D eigenvalue weighted by atomic mass is 10.0. The molecule has 4 aromatic rings. The van der Waals surface area contributed by atoms with Crippen LogP contribution in [0.5, 0.6) is 0 Å². The summed E-state index contributed by atoms with van der Waals surface area (Å²) in [6, 6.07) is 17.5. The van der Waals surface area contributed by atoms with E-state index in [1.807, 2.05) is 60.9 Å². The lowest BCUT2D eigenvalue weighted by Crippen LogP contribution is -2.33. The van der Waals surface area contributed by atoms with Crippen molar-refractivity contribution in [3.8, 4) is 5.69 Å². The normalized spacial score (nSPS) is 11.8. The Bertz CT molecular complexity index is 1420. The van der Waals surface area contributed by atoms with E-state index in [0.29, 0.717) is 16.9 Å². The van der Waals surface area contributed by atoms with Crippen molar-refractivity contribution in [2.45, 2.75) is 46.1 Å². The van der Waals surface area contributed by atoms with Crippen LogP contribution in [0.25, 0.3) is 5.69 Å². The molecule has 8 heteroatoms. The quantitative estimate of drug-likeness (QED) is 0.225. The van der Waals surface area contributed by atoms with E-state index in [-0.39, 0.29) is 5.56 Å². The fourth-order valence-electron chi connectivity index (χ4n) is 4.43. The van der Waals surface area contributed by atoms with Crippen LogP contribution in [-0.2, 0) is 11.2 Å². The fourth-order valence-corrected chi connectivity index (χ4v) is 4.43. The number of carboxylic acids is 1. The van der Waals surface area contributed by atoms with Crippen LogP contribution in [0.4, 0.5) is 5.69 Å². The van der Waals surface area contributed by atoms with Gasteiger partial charge in [-0.05, 0) is 62.6 Å². The summed E-state index contributed by atoms with van der Waals surface area (Å²) in [5.41, 5.74) is 4.37. The van der Waals surface area contributed by atoms with Crippen LogP contribution < -0.4 is 5.32 Å². The zero-order valence-corrected chi connectivity index (χ0v) is 21.1. The molecule has 0 fully saturated rings. The molecule has 2 aromatic heterocycles. The third-order valence-electron chi connectivity index (χ3n) is 6.36. The van der Waals surface area contributed by atoms with Gasteiger partial charge in [0, 0.05) is 34.5 Å². The van der Waals surface area contributed by atoms with Crippen molar-refractivity contribution in [2.75, 3.05) is 5.32 Å². The van der Waals surface area contributed by atoms with Gasteiger partial charge in [0.2, 0.25) is 0 Å². The number of carbonyl (C=O) groups excluding carboxylic acids is 2. The van der Waals surface area contributed by atoms with Gasteiger partial charge in [-0.15, -0.1) is 0 Å². The predicted octanol–water partition coefficient (Wildman–Crippen LogP) is 5.39. The number of aromatic nitrogens is 3. The number of benzene rings is 2. The number of carbonyl (C=O) groups is 3. The molecule has 8 nitrogen and oxygen atoms in total. The molecule has 4 rings (SSSR count). The topological polar surface area (TPSA) is 106 Å². The number of aryl methyl sites for hydroxylation is 2. The van der Waals surface area contributed by atoms with Crippen molar-refractivity contribution in [2.24, 2.45) is 0 Å². The summed E-state index contributed by atoms with van der Waals surface area (Å²) in [5.74, 6) is -2.27. The Hall–Kier alpha value is -4.46. The second-order valence-electron chi connectivity index (χ2n) is 9.03. The molecule has 0 saturated carbocycles. The SMILES string of the molecule is CCCCc1ccc(NC(=O)C(C(=O)c2cc(C)n(-c3ccccc3)c2C)n2cc(C(=O)O)cn2)cc1. The smallest absolute Gasteiger partial charge is 0.338 e. The molecular formula is C29H30N4O4. The van der Waals surface area contributed by atoms with Gasteiger partial charge >= 0.3 is 5.97 Å². The largest absolute Gasteiger partial charge is 0.478 e. The second-order valence-corrected chi connectivity index (χ2v) is 9.03. The van der Waals surface area contributed by atoms with Crippen molar-refractivity contribution in [1.82, 2.24) is 14.3 Å². The number of nitrogens with one attached hydrogen (secondary N) is 1. The number of Topliss-reactive ketones (excluding diaryl/α,β-unsaturated/α-hetero) is 1. The first-order chi connectivity index (χ1) is 17.8. The summed E-state index contributed by atoms with van der Waals surface area (Å²) in [7, 11) is 0.